The summed E-state index contributed by atoms with van der Waals surface area (Å²) in [7, 11) is 0. The van der Waals surface area contributed by atoms with E-state index in [1.54, 1.807) is 0 Å². The van der Waals surface area contributed by atoms with Crippen molar-refractivity contribution >= 4 is 17.7 Å². The Bertz CT molecular complexity index is 419. The molecule has 1 aliphatic heterocycles. The average Bonchev–Trinajstić information content (AvgIpc) is 2.93. The van der Waals surface area contributed by atoms with E-state index in [2.05, 4.69) is 11.8 Å². The average molecular weight is 398 g/mol. The fraction of sp³-hybridized carbons (Fsp3) is 0.864. The summed E-state index contributed by atoms with van der Waals surface area (Å²) >= 11 is 0. The smallest absolute Gasteiger partial charge is 0.222 e. The Morgan fingerprint density at radius 1 is 0.643 bits per heavy atom. The van der Waals surface area contributed by atoms with Gasteiger partial charge in [-0.2, -0.15) is 0 Å². The standard InChI is InChI=1S/C16H30N2O2.C6H13NO/c17-15(19)11-7-3-1-2-4-8-12-16(20)18-13-9-5-6-10-14-18;1-2-3-4-5-6(7)8/h1-14H2,(H2,17,19);2-5H2,1H3,(H2,7,8). The fourth-order valence-electron chi connectivity index (χ4n) is 3.31. The Morgan fingerprint density at radius 2 is 1.07 bits per heavy atom. The maximum atomic E-state index is 12.0. The molecular weight excluding hydrogens is 354 g/mol. The minimum atomic E-state index is -0.201. The zero-order valence-electron chi connectivity index (χ0n) is 18.1. The van der Waals surface area contributed by atoms with E-state index in [1.165, 1.54) is 25.7 Å². The van der Waals surface area contributed by atoms with Gasteiger partial charge in [-0.3, -0.25) is 14.4 Å². The molecule has 0 aromatic rings. The third-order valence-electron chi connectivity index (χ3n) is 5.05. The van der Waals surface area contributed by atoms with Crippen LogP contribution in [0.25, 0.3) is 0 Å². The van der Waals surface area contributed by atoms with Gasteiger partial charge < -0.3 is 16.4 Å². The van der Waals surface area contributed by atoms with Gasteiger partial charge in [0.15, 0.2) is 0 Å². The molecule has 0 aliphatic carbocycles. The summed E-state index contributed by atoms with van der Waals surface area (Å²) in [5.74, 6) is -0.0351. The molecule has 1 saturated heterocycles. The Morgan fingerprint density at radius 3 is 1.54 bits per heavy atom. The molecule has 0 unspecified atom stereocenters. The van der Waals surface area contributed by atoms with Gasteiger partial charge >= 0.3 is 0 Å². The fourth-order valence-corrected chi connectivity index (χ4v) is 3.31. The first-order valence-corrected chi connectivity index (χ1v) is 11.3. The van der Waals surface area contributed by atoms with Crippen molar-refractivity contribution in [3.05, 3.63) is 0 Å². The largest absolute Gasteiger partial charge is 0.370 e. The number of likely N-dealkylation sites (tertiary alicyclic amines) is 1. The summed E-state index contributed by atoms with van der Waals surface area (Å²) in [6, 6.07) is 0. The highest BCUT2D eigenvalue weighted by Crippen LogP contribution is 2.13. The van der Waals surface area contributed by atoms with Crippen LogP contribution in [0.15, 0.2) is 0 Å². The summed E-state index contributed by atoms with van der Waals surface area (Å²) in [6.45, 7) is 4.03. The predicted molar refractivity (Wildman–Crippen MR) is 115 cm³/mol. The lowest BCUT2D eigenvalue weighted by atomic mass is 10.1. The molecule has 28 heavy (non-hydrogen) atoms. The zero-order valence-corrected chi connectivity index (χ0v) is 18.1. The van der Waals surface area contributed by atoms with Crippen LogP contribution in [0.5, 0.6) is 0 Å². The lowest BCUT2D eigenvalue weighted by Crippen LogP contribution is -2.31. The number of primary amides is 2. The lowest BCUT2D eigenvalue weighted by molar-refractivity contribution is -0.131. The van der Waals surface area contributed by atoms with Crippen LogP contribution < -0.4 is 11.5 Å². The van der Waals surface area contributed by atoms with E-state index >= 15 is 0 Å². The Balaban J connectivity index is 0.000000769. The minimum Gasteiger partial charge on any atom is -0.370 e. The van der Waals surface area contributed by atoms with Crippen LogP contribution in [0.1, 0.15) is 110 Å². The molecular formula is C22H43N3O3. The summed E-state index contributed by atoms with van der Waals surface area (Å²) in [6.07, 6.45) is 16.3. The summed E-state index contributed by atoms with van der Waals surface area (Å²) in [5.41, 5.74) is 9.98. The maximum absolute atomic E-state index is 12.0. The van der Waals surface area contributed by atoms with E-state index in [-0.39, 0.29) is 11.8 Å². The maximum Gasteiger partial charge on any atom is 0.222 e. The molecule has 0 bridgehead atoms. The molecule has 0 aromatic carbocycles. The molecule has 0 spiro atoms. The number of nitrogens with two attached hydrogens (primary N) is 2. The van der Waals surface area contributed by atoms with E-state index < -0.39 is 0 Å². The topological polar surface area (TPSA) is 106 Å². The number of carbonyl (C=O) groups is 3. The first-order chi connectivity index (χ1) is 13.5. The van der Waals surface area contributed by atoms with Crippen LogP contribution in [0.2, 0.25) is 0 Å². The molecule has 6 heteroatoms. The third-order valence-corrected chi connectivity index (χ3v) is 5.05. The van der Waals surface area contributed by atoms with Gasteiger partial charge in [0.2, 0.25) is 17.7 Å². The normalized spacial score (nSPS) is 14.0. The zero-order chi connectivity index (χ0) is 21.0. The Labute approximate surface area is 171 Å². The highest BCUT2D eigenvalue weighted by atomic mass is 16.2. The summed E-state index contributed by atoms with van der Waals surface area (Å²) in [5, 5.41) is 0. The van der Waals surface area contributed by atoms with E-state index in [9.17, 15) is 14.4 Å². The number of hydrogen-bond donors (Lipinski definition) is 2. The van der Waals surface area contributed by atoms with Gasteiger partial charge in [0.1, 0.15) is 0 Å². The predicted octanol–water partition coefficient (Wildman–Crippen LogP) is 4.05. The molecule has 1 heterocycles. The SMILES string of the molecule is CCCCCC(N)=O.NC(=O)CCCCCCCCC(=O)N1CCCCCC1. The van der Waals surface area contributed by atoms with Gasteiger partial charge in [0.25, 0.3) is 0 Å². The Hall–Kier alpha value is -1.59. The summed E-state index contributed by atoms with van der Waals surface area (Å²) in [4.78, 5) is 34.8. The monoisotopic (exact) mass is 397 g/mol. The Kier molecular flexibility index (Phi) is 17.7. The second-order valence-electron chi connectivity index (χ2n) is 7.81. The molecule has 0 aromatic heterocycles. The van der Waals surface area contributed by atoms with Crippen LogP contribution in [-0.4, -0.2) is 35.7 Å². The molecule has 164 valence electrons. The number of hydrogen-bond acceptors (Lipinski definition) is 3. The van der Waals surface area contributed by atoms with Gasteiger partial charge in [-0.1, -0.05) is 58.3 Å². The quantitative estimate of drug-likeness (QED) is 0.458. The molecule has 4 N–H and O–H groups in total. The van der Waals surface area contributed by atoms with Crippen LogP contribution >= 0.6 is 0 Å². The van der Waals surface area contributed by atoms with Crippen LogP contribution in [0.3, 0.4) is 0 Å². The van der Waals surface area contributed by atoms with Crippen molar-refractivity contribution in [1.29, 1.82) is 0 Å². The molecule has 0 atom stereocenters. The molecule has 0 saturated carbocycles. The number of unbranched alkanes of at least 4 members (excludes halogenated alkanes) is 7. The van der Waals surface area contributed by atoms with Crippen LogP contribution in [0.4, 0.5) is 0 Å². The second kappa shape index (κ2) is 18.8. The van der Waals surface area contributed by atoms with Crippen molar-refractivity contribution in [2.24, 2.45) is 11.5 Å². The molecule has 1 aliphatic rings. The van der Waals surface area contributed by atoms with E-state index in [0.29, 0.717) is 25.2 Å². The van der Waals surface area contributed by atoms with Crippen molar-refractivity contribution in [2.75, 3.05) is 13.1 Å². The number of carbonyl (C=O) groups excluding carboxylic acids is 3. The minimum absolute atomic E-state index is 0.182. The highest BCUT2D eigenvalue weighted by molar-refractivity contribution is 5.76. The molecule has 1 fully saturated rings. The highest BCUT2D eigenvalue weighted by Gasteiger charge is 2.14. The third kappa shape index (κ3) is 17.8. The second-order valence-corrected chi connectivity index (χ2v) is 7.81. The van der Waals surface area contributed by atoms with E-state index in [4.69, 9.17) is 11.5 Å². The van der Waals surface area contributed by atoms with Crippen molar-refractivity contribution in [3.63, 3.8) is 0 Å². The first-order valence-electron chi connectivity index (χ1n) is 11.3. The first kappa shape index (κ1) is 26.4. The van der Waals surface area contributed by atoms with Crippen molar-refractivity contribution in [3.8, 4) is 0 Å². The van der Waals surface area contributed by atoms with Crippen LogP contribution in [0, 0.1) is 0 Å². The number of rotatable bonds is 13. The van der Waals surface area contributed by atoms with E-state index in [0.717, 1.165) is 70.9 Å². The van der Waals surface area contributed by atoms with Crippen molar-refractivity contribution in [2.45, 2.75) is 110 Å². The molecule has 6 nitrogen and oxygen atoms in total. The lowest BCUT2D eigenvalue weighted by Gasteiger charge is -2.20. The molecule has 0 radical (unpaired) electrons. The number of amides is 3. The van der Waals surface area contributed by atoms with Gasteiger partial charge in [-0.25, -0.2) is 0 Å². The molecule has 3 amide bonds. The van der Waals surface area contributed by atoms with Gasteiger partial charge in [0, 0.05) is 32.4 Å². The van der Waals surface area contributed by atoms with Crippen LogP contribution in [-0.2, 0) is 14.4 Å². The van der Waals surface area contributed by atoms with Crippen molar-refractivity contribution < 1.29 is 14.4 Å². The summed E-state index contributed by atoms with van der Waals surface area (Å²) < 4.78 is 0. The molecule has 1 rings (SSSR count). The van der Waals surface area contributed by atoms with Gasteiger partial charge in [-0.05, 0) is 32.1 Å². The van der Waals surface area contributed by atoms with E-state index in [1.807, 2.05) is 0 Å². The van der Waals surface area contributed by atoms with Gasteiger partial charge in [-0.15, -0.1) is 0 Å². The van der Waals surface area contributed by atoms with Crippen molar-refractivity contribution in [1.82, 2.24) is 4.90 Å². The number of nitrogens with zero attached hydrogens (tertiary/aromatic N) is 1. The van der Waals surface area contributed by atoms with Gasteiger partial charge in [0.05, 0.1) is 0 Å².